The molecule has 10 nitrogen and oxygen atoms in total. The van der Waals surface area contributed by atoms with Crippen molar-refractivity contribution in [3.8, 4) is 0 Å². The van der Waals surface area contributed by atoms with E-state index in [1.807, 2.05) is 19.9 Å². The lowest BCUT2D eigenvalue weighted by molar-refractivity contribution is -0.221. The van der Waals surface area contributed by atoms with Crippen molar-refractivity contribution in [2.75, 3.05) is 6.61 Å². The number of hydrogen-bond acceptors (Lipinski definition) is 10. The molecule has 3 aliphatic heterocycles. The summed E-state index contributed by atoms with van der Waals surface area (Å²) in [5.74, 6) is -2.64. The Hall–Kier alpha value is -2.46. The van der Waals surface area contributed by atoms with Crippen molar-refractivity contribution >= 4 is 23.9 Å². The van der Waals surface area contributed by atoms with Crippen LogP contribution in [0.5, 0.6) is 0 Å². The van der Waals surface area contributed by atoms with E-state index in [0.29, 0.717) is 32.3 Å². The molecule has 198 valence electrons. The zero-order valence-electron chi connectivity index (χ0n) is 21.6. The fraction of sp³-hybridized carbons (Fsp3) is 0.769. The number of carbonyl (C=O) groups is 4. The summed E-state index contributed by atoms with van der Waals surface area (Å²) in [6.07, 6.45) is 0.712. The number of carbonyl (C=O) groups excluding carboxylic acids is 4. The van der Waals surface area contributed by atoms with Gasteiger partial charge in [0.05, 0.1) is 17.6 Å². The van der Waals surface area contributed by atoms with Gasteiger partial charge in [0, 0.05) is 26.7 Å². The highest BCUT2D eigenvalue weighted by Gasteiger charge is 2.88. The first-order valence-corrected chi connectivity index (χ1v) is 12.5. The van der Waals surface area contributed by atoms with Crippen molar-refractivity contribution in [1.29, 1.82) is 0 Å². The highest BCUT2D eigenvalue weighted by Crippen LogP contribution is 2.68. The van der Waals surface area contributed by atoms with Gasteiger partial charge >= 0.3 is 23.9 Å². The van der Waals surface area contributed by atoms with Gasteiger partial charge < -0.3 is 28.4 Å². The summed E-state index contributed by atoms with van der Waals surface area (Å²) in [6, 6.07) is 0. The van der Waals surface area contributed by atoms with Crippen LogP contribution in [0.3, 0.4) is 0 Å². The van der Waals surface area contributed by atoms with Gasteiger partial charge in [0.2, 0.25) is 0 Å². The van der Waals surface area contributed by atoms with Gasteiger partial charge in [-0.15, -0.1) is 0 Å². The molecule has 0 radical (unpaired) electrons. The molecule has 9 atom stereocenters. The third-order valence-electron chi connectivity index (χ3n) is 8.96. The largest absolute Gasteiger partial charge is 0.462 e. The molecule has 0 bridgehead atoms. The van der Waals surface area contributed by atoms with Gasteiger partial charge in [-0.1, -0.05) is 12.5 Å². The number of fused-ring (bicyclic) bond motifs is 2. The highest BCUT2D eigenvalue weighted by molar-refractivity contribution is 5.89. The van der Waals surface area contributed by atoms with Gasteiger partial charge in [-0.3, -0.25) is 14.4 Å². The fourth-order valence-electron chi connectivity index (χ4n) is 7.21. The molecule has 5 aliphatic rings. The first kappa shape index (κ1) is 25.2. The van der Waals surface area contributed by atoms with Crippen molar-refractivity contribution < 1.29 is 47.6 Å². The second-order valence-electron chi connectivity index (χ2n) is 11.3. The molecule has 5 rings (SSSR count). The third kappa shape index (κ3) is 3.44. The van der Waals surface area contributed by atoms with E-state index in [1.165, 1.54) is 20.8 Å². The number of esters is 4. The zero-order valence-corrected chi connectivity index (χ0v) is 21.6. The lowest BCUT2D eigenvalue weighted by Gasteiger charge is -2.55. The molecule has 4 fully saturated rings. The first-order valence-electron chi connectivity index (χ1n) is 12.5. The molecule has 0 unspecified atom stereocenters. The fourth-order valence-corrected chi connectivity index (χ4v) is 7.21. The molecule has 10 heteroatoms. The molecule has 3 heterocycles. The van der Waals surface area contributed by atoms with Crippen molar-refractivity contribution in [3.05, 3.63) is 11.6 Å². The van der Waals surface area contributed by atoms with Crippen LogP contribution in [0.2, 0.25) is 0 Å². The van der Waals surface area contributed by atoms with Gasteiger partial charge in [-0.2, -0.15) is 0 Å². The second kappa shape index (κ2) is 8.02. The van der Waals surface area contributed by atoms with E-state index in [9.17, 15) is 19.2 Å². The molecule has 2 spiro atoms. The second-order valence-corrected chi connectivity index (χ2v) is 11.3. The predicted octanol–water partition coefficient (Wildman–Crippen LogP) is 2.16. The van der Waals surface area contributed by atoms with Crippen molar-refractivity contribution in [1.82, 2.24) is 0 Å². The van der Waals surface area contributed by atoms with Crippen LogP contribution in [0.1, 0.15) is 67.2 Å². The maximum atomic E-state index is 13.0. The van der Waals surface area contributed by atoms with E-state index in [0.717, 1.165) is 5.57 Å². The molecular weight excluding hydrogens is 472 g/mol. The van der Waals surface area contributed by atoms with Crippen LogP contribution in [0, 0.1) is 11.3 Å². The molecule has 0 N–H and O–H groups in total. The summed E-state index contributed by atoms with van der Waals surface area (Å²) in [5, 5.41) is 0. The molecule has 3 saturated heterocycles. The van der Waals surface area contributed by atoms with Gasteiger partial charge in [-0.05, 0) is 45.6 Å². The number of allylic oxidation sites excluding steroid dienone is 1. The van der Waals surface area contributed by atoms with E-state index < -0.39 is 76.4 Å². The summed E-state index contributed by atoms with van der Waals surface area (Å²) in [4.78, 5) is 50.1. The highest BCUT2D eigenvalue weighted by atomic mass is 16.7. The van der Waals surface area contributed by atoms with E-state index in [4.69, 9.17) is 28.4 Å². The quantitative estimate of drug-likeness (QED) is 0.243. The predicted molar refractivity (Wildman–Crippen MR) is 121 cm³/mol. The van der Waals surface area contributed by atoms with Crippen LogP contribution < -0.4 is 0 Å². The molecule has 36 heavy (non-hydrogen) atoms. The zero-order chi connectivity index (χ0) is 26.3. The summed E-state index contributed by atoms with van der Waals surface area (Å²) >= 11 is 0. The molecule has 0 aromatic carbocycles. The maximum absolute atomic E-state index is 13.0. The lowest BCUT2D eigenvalue weighted by Crippen LogP contribution is -2.66. The van der Waals surface area contributed by atoms with Crippen molar-refractivity contribution in [2.45, 2.75) is 108 Å². The summed E-state index contributed by atoms with van der Waals surface area (Å²) < 4.78 is 35.9. The third-order valence-corrected chi connectivity index (χ3v) is 8.96. The van der Waals surface area contributed by atoms with Crippen LogP contribution in [0.15, 0.2) is 11.6 Å². The average Bonchev–Trinajstić information content (AvgIpc) is 3.65. The average molecular weight is 507 g/mol. The Morgan fingerprint density at radius 1 is 0.972 bits per heavy atom. The van der Waals surface area contributed by atoms with E-state index >= 15 is 0 Å². The Kier molecular flexibility index (Phi) is 5.61. The van der Waals surface area contributed by atoms with Crippen LogP contribution in [-0.4, -0.2) is 71.7 Å². The normalized spacial score (nSPS) is 48.2. The standard InChI is InChI=1S/C26H34O10/c1-13-7-8-17(32-14(2)27)23(5)18(33-15(3)28)9-10-25(12-31-25)20(23)21(34-16(4)29)26-19(11-13)35-22(30)24(26,6)36-26/h11,17-21H,7-10,12H2,1-6H3/b13-11-/t17-,18-,19-,20+,21+,23-,24-,25-,26-/m0/s1. The van der Waals surface area contributed by atoms with E-state index in [-0.39, 0.29) is 0 Å². The Morgan fingerprint density at radius 3 is 2.08 bits per heavy atom. The van der Waals surface area contributed by atoms with Crippen LogP contribution in [0.4, 0.5) is 0 Å². The maximum Gasteiger partial charge on any atom is 0.342 e. The van der Waals surface area contributed by atoms with E-state index in [1.54, 1.807) is 6.92 Å². The van der Waals surface area contributed by atoms with Gasteiger partial charge in [0.25, 0.3) is 0 Å². The monoisotopic (exact) mass is 506 g/mol. The minimum atomic E-state index is -1.32. The smallest absolute Gasteiger partial charge is 0.342 e. The Balaban J connectivity index is 1.75. The molecule has 0 amide bonds. The van der Waals surface area contributed by atoms with E-state index in [2.05, 4.69) is 0 Å². The Bertz CT molecular complexity index is 1050. The summed E-state index contributed by atoms with van der Waals surface area (Å²) in [5.41, 5.74) is -3.46. The number of hydrogen-bond donors (Lipinski definition) is 0. The van der Waals surface area contributed by atoms with Gasteiger partial charge in [0.1, 0.15) is 18.3 Å². The van der Waals surface area contributed by atoms with Gasteiger partial charge in [-0.25, -0.2) is 4.79 Å². The summed E-state index contributed by atoms with van der Waals surface area (Å²) in [6.45, 7) is 9.84. The lowest BCUT2D eigenvalue weighted by atomic mass is 9.53. The van der Waals surface area contributed by atoms with Crippen LogP contribution >= 0.6 is 0 Å². The number of rotatable bonds is 3. The van der Waals surface area contributed by atoms with Crippen molar-refractivity contribution in [3.63, 3.8) is 0 Å². The molecular formula is C26H34O10. The SMILES string of the molecule is CC(=O)O[C@H]1CC/C(C)=C\[C@@H]2OC(=O)[C@]3(C)O[C@]23[C@H](OC(C)=O)[C@H]2[C@]3(CC[C@H](OC(C)=O)[C@]12C)CO3. The van der Waals surface area contributed by atoms with Crippen LogP contribution in [-0.2, 0) is 47.6 Å². The van der Waals surface area contributed by atoms with Gasteiger partial charge in [0.15, 0.2) is 17.3 Å². The topological polar surface area (TPSA) is 130 Å². The molecule has 2 aliphatic carbocycles. The minimum absolute atomic E-state index is 0.395. The number of epoxide rings is 2. The van der Waals surface area contributed by atoms with Crippen molar-refractivity contribution in [2.24, 2.45) is 11.3 Å². The van der Waals surface area contributed by atoms with Crippen LogP contribution in [0.25, 0.3) is 0 Å². The first-order chi connectivity index (χ1) is 16.8. The minimum Gasteiger partial charge on any atom is -0.462 e. The molecule has 1 saturated carbocycles. The number of ether oxygens (including phenoxy) is 6. The Morgan fingerprint density at radius 2 is 1.56 bits per heavy atom. The molecule has 0 aromatic heterocycles. The molecule has 0 aromatic rings. The Labute approximate surface area is 209 Å². The summed E-state index contributed by atoms with van der Waals surface area (Å²) in [7, 11) is 0.